The van der Waals surface area contributed by atoms with E-state index in [1.165, 1.54) is 7.05 Å². The molecule has 1 N–H and O–H groups in total. The molecule has 0 amide bonds. The predicted octanol–water partition coefficient (Wildman–Crippen LogP) is -2.04. The van der Waals surface area contributed by atoms with Gasteiger partial charge in [0.05, 0.1) is 6.54 Å². The Hall–Kier alpha value is -2.38. The number of rotatable bonds is 4. The van der Waals surface area contributed by atoms with E-state index in [0.29, 0.717) is 0 Å². The van der Waals surface area contributed by atoms with Crippen LogP contribution in [0.1, 0.15) is 0 Å². The first kappa shape index (κ1) is 12.7. The van der Waals surface area contributed by atoms with Gasteiger partial charge in [0.25, 0.3) is 0 Å². The summed E-state index contributed by atoms with van der Waals surface area (Å²) in [4.78, 5) is 46.5. The predicted molar refractivity (Wildman–Crippen MR) is 57.7 cm³/mol. The van der Waals surface area contributed by atoms with Crippen LogP contribution in [-0.4, -0.2) is 26.7 Å². The number of nitrogens with one attached hydrogen (secondary N) is 1. The molecule has 0 atom stereocenters. The number of nitrogens with zero attached hydrogens (tertiary/aromatic N) is 2. The molecule has 0 unspecified atom stereocenters. The summed E-state index contributed by atoms with van der Waals surface area (Å²) in [5.41, 5.74) is -2.40. The molecule has 0 bridgehead atoms. The molecule has 0 spiro atoms. The van der Waals surface area contributed by atoms with Crippen LogP contribution in [0.5, 0.6) is 0 Å². The van der Waals surface area contributed by atoms with Crippen LogP contribution >= 0.6 is 0 Å². The van der Waals surface area contributed by atoms with E-state index >= 15 is 0 Å². The topological polar surface area (TPSA) is 103 Å². The zero-order valence-corrected chi connectivity index (χ0v) is 9.13. The van der Waals surface area contributed by atoms with Crippen molar-refractivity contribution in [3.63, 3.8) is 0 Å². The molecule has 0 radical (unpaired) electrons. The minimum Gasteiger partial charge on any atom is -0.461 e. The lowest BCUT2D eigenvalue weighted by Crippen LogP contribution is -2.48. The molecule has 92 valence electrons. The highest BCUT2D eigenvalue weighted by atomic mass is 16.5. The van der Waals surface area contributed by atoms with Gasteiger partial charge in [0.15, 0.2) is 0 Å². The summed E-state index contributed by atoms with van der Waals surface area (Å²) in [5, 5.41) is 0. The zero-order chi connectivity index (χ0) is 13.0. The highest BCUT2D eigenvalue weighted by Gasteiger charge is 2.06. The van der Waals surface area contributed by atoms with Crippen LogP contribution in [0.15, 0.2) is 27.0 Å². The molecule has 8 heteroatoms. The lowest BCUT2D eigenvalue weighted by Gasteiger charge is -2.05. The smallest absolute Gasteiger partial charge is 0.336 e. The van der Waals surface area contributed by atoms with Crippen molar-refractivity contribution >= 4 is 5.97 Å². The number of esters is 1. The van der Waals surface area contributed by atoms with Gasteiger partial charge in [-0.2, -0.15) is 0 Å². The molecule has 1 aromatic rings. The van der Waals surface area contributed by atoms with Crippen molar-refractivity contribution < 1.29 is 9.53 Å². The van der Waals surface area contributed by atoms with Crippen molar-refractivity contribution in [2.75, 3.05) is 6.61 Å². The molecule has 1 heterocycles. The van der Waals surface area contributed by atoms with Gasteiger partial charge in [-0.15, -0.1) is 0 Å². The largest absolute Gasteiger partial charge is 0.461 e. The van der Waals surface area contributed by atoms with E-state index in [2.05, 4.69) is 11.3 Å². The molecule has 0 aliphatic carbocycles. The Labute approximate surface area is 94.8 Å². The summed E-state index contributed by atoms with van der Waals surface area (Å²) >= 11 is 0. The summed E-state index contributed by atoms with van der Waals surface area (Å²) < 4.78 is 6.13. The van der Waals surface area contributed by atoms with Gasteiger partial charge in [-0.3, -0.25) is 4.98 Å². The van der Waals surface area contributed by atoms with E-state index in [1.54, 1.807) is 0 Å². The average molecular weight is 241 g/mol. The molecule has 0 saturated heterocycles. The van der Waals surface area contributed by atoms with E-state index in [-0.39, 0.29) is 13.2 Å². The molecule has 0 aromatic carbocycles. The van der Waals surface area contributed by atoms with Crippen LogP contribution in [0.2, 0.25) is 0 Å². The lowest BCUT2D eigenvalue weighted by molar-refractivity contribution is -0.138. The number of aromatic nitrogens is 3. The number of hydrogen-bond acceptors (Lipinski definition) is 5. The van der Waals surface area contributed by atoms with Crippen molar-refractivity contribution in [1.29, 1.82) is 0 Å². The quantitative estimate of drug-likeness (QED) is 0.483. The van der Waals surface area contributed by atoms with Crippen LogP contribution in [0.4, 0.5) is 0 Å². The van der Waals surface area contributed by atoms with E-state index in [4.69, 9.17) is 0 Å². The van der Waals surface area contributed by atoms with Crippen molar-refractivity contribution in [3.8, 4) is 0 Å². The first-order valence-electron chi connectivity index (χ1n) is 4.66. The Kier molecular flexibility index (Phi) is 3.81. The third kappa shape index (κ3) is 2.80. The van der Waals surface area contributed by atoms with Gasteiger partial charge in [-0.1, -0.05) is 6.58 Å². The summed E-state index contributed by atoms with van der Waals surface area (Å²) in [6.07, 6.45) is 0.966. The van der Waals surface area contributed by atoms with Gasteiger partial charge in [0.2, 0.25) is 0 Å². The van der Waals surface area contributed by atoms with Gasteiger partial charge < -0.3 is 4.74 Å². The lowest BCUT2D eigenvalue weighted by atomic mass is 10.6. The Morgan fingerprint density at radius 1 is 1.41 bits per heavy atom. The maximum atomic E-state index is 11.5. The Morgan fingerprint density at radius 2 is 2.06 bits per heavy atom. The summed E-state index contributed by atoms with van der Waals surface area (Å²) in [5.74, 6) is -0.653. The van der Waals surface area contributed by atoms with Gasteiger partial charge >= 0.3 is 23.0 Å². The summed E-state index contributed by atoms with van der Waals surface area (Å²) in [6, 6.07) is 0. The second-order valence-corrected chi connectivity index (χ2v) is 3.10. The Bertz CT molecular complexity index is 606. The van der Waals surface area contributed by atoms with Crippen molar-refractivity contribution in [3.05, 3.63) is 44.1 Å². The normalized spacial score (nSPS) is 9.94. The first-order valence-corrected chi connectivity index (χ1v) is 4.66. The second-order valence-electron chi connectivity index (χ2n) is 3.10. The van der Waals surface area contributed by atoms with E-state index < -0.39 is 23.0 Å². The highest BCUT2D eigenvalue weighted by molar-refractivity contribution is 5.81. The minimum absolute atomic E-state index is 0.137. The van der Waals surface area contributed by atoms with Crippen LogP contribution in [0.25, 0.3) is 0 Å². The Morgan fingerprint density at radius 3 is 2.65 bits per heavy atom. The van der Waals surface area contributed by atoms with E-state index in [9.17, 15) is 19.2 Å². The third-order valence-corrected chi connectivity index (χ3v) is 2.01. The van der Waals surface area contributed by atoms with Gasteiger partial charge in [0.1, 0.15) is 6.61 Å². The van der Waals surface area contributed by atoms with Gasteiger partial charge in [0, 0.05) is 13.1 Å². The third-order valence-electron chi connectivity index (χ3n) is 2.01. The standard InChI is InChI=1S/C9H11N3O5/c1-3-6(13)17-5-4-12-8(15)10-7(14)11(2)9(12)16/h3H,1,4-5H2,2H3,(H,10,14,15). The molecule has 0 saturated carbocycles. The van der Waals surface area contributed by atoms with Crippen molar-refractivity contribution in [2.24, 2.45) is 7.05 Å². The van der Waals surface area contributed by atoms with Gasteiger partial charge in [-0.05, 0) is 0 Å². The number of H-pyrrole nitrogens is 1. The van der Waals surface area contributed by atoms with Gasteiger partial charge in [-0.25, -0.2) is 28.3 Å². The molecule has 1 rings (SSSR count). The molecule has 0 aliphatic heterocycles. The number of carbonyl (C=O) groups excluding carboxylic acids is 1. The number of aromatic amines is 1. The van der Waals surface area contributed by atoms with E-state index in [0.717, 1.165) is 15.2 Å². The second kappa shape index (κ2) is 5.10. The monoisotopic (exact) mass is 241 g/mol. The highest BCUT2D eigenvalue weighted by Crippen LogP contribution is 1.80. The number of carbonyl (C=O) groups is 1. The summed E-state index contributed by atoms with van der Waals surface area (Å²) in [6.45, 7) is 2.89. The van der Waals surface area contributed by atoms with Crippen LogP contribution in [0, 0.1) is 0 Å². The number of hydrogen-bond donors (Lipinski definition) is 1. The van der Waals surface area contributed by atoms with Crippen LogP contribution in [0.3, 0.4) is 0 Å². The molecular weight excluding hydrogens is 230 g/mol. The molecule has 1 aromatic heterocycles. The molecule has 17 heavy (non-hydrogen) atoms. The van der Waals surface area contributed by atoms with Crippen LogP contribution in [-0.2, 0) is 23.1 Å². The minimum atomic E-state index is -0.840. The first-order chi connectivity index (χ1) is 7.97. The molecule has 0 aliphatic rings. The zero-order valence-electron chi connectivity index (χ0n) is 9.13. The molecular formula is C9H11N3O5. The van der Waals surface area contributed by atoms with Crippen molar-refractivity contribution in [2.45, 2.75) is 6.54 Å². The van der Waals surface area contributed by atoms with Crippen LogP contribution < -0.4 is 17.1 Å². The number of ether oxygens (including phenoxy) is 1. The maximum Gasteiger partial charge on any atom is 0.336 e. The fourth-order valence-electron chi connectivity index (χ4n) is 1.09. The van der Waals surface area contributed by atoms with E-state index in [1.807, 2.05) is 4.98 Å². The average Bonchev–Trinajstić information content (AvgIpc) is 2.30. The fraction of sp³-hybridized carbons (Fsp3) is 0.333. The van der Waals surface area contributed by atoms with Crippen molar-refractivity contribution in [1.82, 2.24) is 14.1 Å². The maximum absolute atomic E-state index is 11.5. The Balaban J connectivity index is 2.93. The fourth-order valence-corrected chi connectivity index (χ4v) is 1.09. The molecule has 8 nitrogen and oxygen atoms in total. The summed E-state index contributed by atoms with van der Waals surface area (Å²) in [7, 11) is 1.23. The molecule has 0 fully saturated rings. The SMILES string of the molecule is C=CC(=O)OCCn1c(=O)[nH]c(=O)n(C)c1=O.